The molecule has 0 saturated heterocycles. The van der Waals surface area contributed by atoms with E-state index in [-0.39, 0.29) is 29.0 Å². The Morgan fingerprint density at radius 2 is 1.56 bits per heavy atom. The Balaban J connectivity index is 1.41. The number of aromatic amines is 1. The number of nitrogens with zero attached hydrogens (tertiary/aromatic N) is 1. The maximum Gasteiger partial charge on any atom is 0.257 e. The lowest BCUT2D eigenvalue weighted by atomic mass is 9.91. The zero-order valence-corrected chi connectivity index (χ0v) is 27.9. The molecule has 10 nitrogen and oxygen atoms in total. The predicted molar refractivity (Wildman–Crippen MR) is 185 cm³/mol. The fraction of sp³-hybridized carbons (Fsp3) is 0.216. The summed E-state index contributed by atoms with van der Waals surface area (Å²) < 4.78 is 26.4. The summed E-state index contributed by atoms with van der Waals surface area (Å²) in [7, 11) is -4.19. The summed E-state index contributed by atoms with van der Waals surface area (Å²) in [5, 5.41) is 3.51. The lowest BCUT2D eigenvalue weighted by Gasteiger charge is -2.34. The first-order valence-electron chi connectivity index (χ1n) is 15.7. The van der Waals surface area contributed by atoms with Crippen LogP contribution in [0, 0.1) is 12.8 Å². The molecular weight excluding hydrogens is 627 g/mol. The van der Waals surface area contributed by atoms with E-state index in [1.54, 1.807) is 17.0 Å². The number of carbonyl (C=O) groups excluding carboxylic acids is 3. The topological polar surface area (TPSA) is 140 Å². The van der Waals surface area contributed by atoms with Crippen molar-refractivity contribution in [1.82, 2.24) is 20.1 Å². The van der Waals surface area contributed by atoms with Crippen LogP contribution in [0.2, 0.25) is 0 Å². The van der Waals surface area contributed by atoms with Gasteiger partial charge in [0.05, 0.1) is 16.6 Å². The molecule has 246 valence electrons. The lowest BCUT2D eigenvalue weighted by Crippen LogP contribution is -2.53. The summed E-state index contributed by atoms with van der Waals surface area (Å²) >= 11 is 0. The highest BCUT2D eigenvalue weighted by molar-refractivity contribution is 7.89. The van der Waals surface area contributed by atoms with E-state index in [4.69, 9.17) is 0 Å². The second-order valence-electron chi connectivity index (χ2n) is 12.5. The molecule has 48 heavy (non-hydrogen) atoms. The number of rotatable bonds is 10. The molecule has 6 rings (SSSR count). The Bertz CT molecular complexity index is 2120. The fourth-order valence-electron chi connectivity index (χ4n) is 6.32. The second kappa shape index (κ2) is 13.1. The van der Waals surface area contributed by atoms with Gasteiger partial charge >= 0.3 is 0 Å². The minimum Gasteiger partial charge on any atom is -0.354 e. The summed E-state index contributed by atoms with van der Waals surface area (Å²) in [6, 6.07) is 27.3. The van der Waals surface area contributed by atoms with Crippen molar-refractivity contribution in [3.63, 3.8) is 0 Å². The fourth-order valence-corrected chi connectivity index (χ4v) is 7.17. The molecule has 5 aromatic rings. The molecule has 2 atom stereocenters. The average Bonchev–Trinajstić information content (AvgIpc) is 3.57. The van der Waals surface area contributed by atoms with E-state index in [1.807, 2.05) is 81.4 Å². The first-order chi connectivity index (χ1) is 22.9. The van der Waals surface area contributed by atoms with Gasteiger partial charge in [0.25, 0.3) is 21.8 Å². The largest absolute Gasteiger partial charge is 0.354 e. The number of aromatic nitrogens is 1. The van der Waals surface area contributed by atoms with E-state index < -0.39 is 28.0 Å². The van der Waals surface area contributed by atoms with Gasteiger partial charge in [-0.3, -0.25) is 19.8 Å². The first-order valence-corrected chi connectivity index (χ1v) is 17.2. The second-order valence-corrected chi connectivity index (χ2v) is 14.2. The van der Waals surface area contributed by atoms with Crippen LogP contribution in [0.3, 0.4) is 0 Å². The van der Waals surface area contributed by atoms with Crippen LogP contribution in [0.5, 0.6) is 0 Å². The van der Waals surface area contributed by atoms with Gasteiger partial charge in [-0.25, -0.2) is 8.42 Å². The van der Waals surface area contributed by atoms with Crippen molar-refractivity contribution in [2.24, 2.45) is 5.92 Å². The molecule has 0 bridgehead atoms. The summed E-state index contributed by atoms with van der Waals surface area (Å²) in [5.41, 5.74) is 8.72. The lowest BCUT2D eigenvalue weighted by molar-refractivity contribution is -0.127. The van der Waals surface area contributed by atoms with Gasteiger partial charge in [0.15, 0.2) is 0 Å². The quantitative estimate of drug-likeness (QED) is 0.134. The molecule has 2 unspecified atom stereocenters. The third-order valence-corrected chi connectivity index (χ3v) is 9.75. The molecule has 2 heterocycles. The van der Waals surface area contributed by atoms with Crippen molar-refractivity contribution in [2.45, 2.75) is 51.1 Å². The molecule has 1 aromatic heterocycles. The number of fused-ring (bicyclic) bond motifs is 2. The van der Waals surface area contributed by atoms with Gasteiger partial charge in [-0.1, -0.05) is 80.1 Å². The third kappa shape index (κ3) is 6.34. The van der Waals surface area contributed by atoms with E-state index in [1.165, 1.54) is 31.2 Å². The van der Waals surface area contributed by atoms with E-state index >= 15 is 0 Å². The maximum atomic E-state index is 14.4. The molecule has 11 heteroatoms. The average molecular weight is 664 g/mol. The number of hydrazine groups is 1. The number of sulfonamides is 1. The summed E-state index contributed by atoms with van der Waals surface area (Å²) in [4.78, 5) is 47.1. The minimum atomic E-state index is -4.19. The first kappa shape index (κ1) is 32.7. The number of amides is 3. The molecule has 0 aliphatic carbocycles. The highest BCUT2D eigenvalue weighted by Crippen LogP contribution is 2.47. The molecule has 1 aliphatic heterocycles. The summed E-state index contributed by atoms with van der Waals surface area (Å²) in [6.07, 6.45) is 0.275. The Labute approximate surface area is 279 Å². The third-order valence-electron chi connectivity index (χ3n) is 8.49. The molecule has 1 aliphatic rings. The van der Waals surface area contributed by atoms with Crippen LogP contribution >= 0.6 is 0 Å². The van der Waals surface area contributed by atoms with Crippen LogP contribution in [0.1, 0.15) is 60.3 Å². The molecule has 0 radical (unpaired) electrons. The number of anilines is 1. The number of benzene rings is 4. The monoisotopic (exact) mass is 663 g/mol. The van der Waals surface area contributed by atoms with Crippen molar-refractivity contribution in [2.75, 3.05) is 5.32 Å². The smallest absolute Gasteiger partial charge is 0.257 e. The normalized spacial score (nSPS) is 15.1. The molecular formula is C37H37N5O5S. The summed E-state index contributed by atoms with van der Waals surface area (Å²) in [6.45, 7) is 7.28. The van der Waals surface area contributed by atoms with Crippen LogP contribution in [-0.2, 0) is 19.6 Å². The van der Waals surface area contributed by atoms with Crippen LogP contribution in [0.15, 0.2) is 102 Å². The predicted octanol–water partition coefficient (Wildman–Crippen LogP) is 6.07. The van der Waals surface area contributed by atoms with E-state index in [9.17, 15) is 22.8 Å². The number of nitrogens with one attached hydrogen (secondary N) is 4. The van der Waals surface area contributed by atoms with Gasteiger partial charge in [-0.05, 0) is 66.8 Å². The van der Waals surface area contributed by atoms with Crippen molar-refractivity contribution in [1.29, 1.82) is 0 Å². The van der Waals surface area contributed by atoms with Crippen LogP contribution in [0.4, 0.5) is 5.69 Å². The number of aryl methyl sites for hydroxylation is 1. The van der Waals surface area contributed by atoms with Crippen molar-refractivity contribution >= 4 is 44.3 Å². The van der Waals surface area contributed by atoms with Crippen LogP contribution in [0.25, 0.3) is 22.2 Å². The van der Waals surface area contributed by atoms with Crippen LogP contribution in [-0.4, -0.2) is 42.1 Å². The Morgan fingerprint density at radius 3 is 2.25 bits per heavy atom. The van der Waals surface area contributed by atoms with E-state index in [0.717, 1.165) is 38.9 Å². The van der Waals surface area contributed by atoms with Gasteiger partial charge in [0, 0.05) is 34.6 Å². The molecule has 0 fully saturated rings. The molecule has 0 saturated carbocycles. The maximum absolute atomic E-state index is 14.4. The van der Waals surface area contributed by atoms with Crippen molar-refractivity contribution in [3.8, 4) is 11.3 Å². The van der Waals surface area contributed by atoms with Crippen molar-refractivity contribution in [3.05, 3.63) is 119 Å². The number of para-hydroxylation sites is 1. The summed E-state index contributed by atoms with van der Waals surface area (Å²) in [5.74, 6) is -1.28. The molecule has 3 amide bonds. The highest BCUT2D eigenvalue weighted by atomic mass is 32.2. The number of hydrogen-bond donors (Lipinski definition) is 4. The van der Waals surface area contributed by atoms with E-state index in [2.05, 4.69) is 20.6 Å². The van der Waals surface area contributed by atoms with Gasteiger partial charge in [-0.15, -0.1) is 4.83 Å². The zero-order chi connectivity index (χ0) is 34.2. The highest BCUT2D eigenvalue weighted by Gasteiger charge is 2.46. The zero-order valence-electron chi connectivity index (χ0n) is 27.1. The molecule has 4 N–H and O–H groups in total. The molecule has 0 spiro atoms. The Morgan fingerprint density at radius 1 is 0.896 bits per heavy atom. The van der Waals surface area contributed by atoms with Gasteiger partial charge in [0.1, 0.15) is 6.04 Å². The Kier molecular flexibility index (Phi) is 8.91. The van der Waals surface area contributed by atoms with Crippen molar-refractivity contribution < 1.29 is 22.8 Å². The standard InChI is InChI=1S/C37H37N5O5S/c1-22(2)21-32(36(44)40-41-48(46,47)27-19-17-26(18-20-27)38-24(4)43)42-35(28-9-5-6-10-29(28)37(42)45)33-30-11-7-8-12-31(30)39-34(33)25-15-13-23(3)14-16-25/h5-20,22,32,35,39,41H,21H2,1-4H3,(H,38,43)(H,40,44). The van der Waals surface area contributed by atoms with E-state index in [0.29, 0.717) is 11.3 Å². The number of carbonyl (C=O) groups is 3. The van der Waals surface area contributed by atoms with Gasteiger partial charge in [0.2, 0.25) is 5.91 Å². The van der Waals surface area contributed by atoms with Crippen LogP contribution < -0.4 is 15.6 Å². The molecule has 4 aromatic carbocycles. The van der Waals surface area contributed by atoms with Gasteiger partial charge in [-0.2, -0.15) is 0 Å². The Hall–Kier alpha value is -5.26. The van der Waals surface area contributed by atoms with Gasteiger partial charge < -0.3 is 15.2 Å². The number of hydrogen-bond acceptors (Lipinski definition) is 5. The minimum absolute atomic E-state index is 0.0182. The number of H-pyrrole nitrogens is 1. The SMILES string of the molecule is CC(=O)Nc1ccc(S(=O)(=O)NNC(=O)C(CC(C)C)N2C(=O)c3ccccc3C2c2c(-c3ccc(C)cc3)[nH]c3ccccc23)cc1.